The zero-order valence-corrected chi connectivity index (χ0v) is 15.2. The molecule has 0 atom stereocenters. The van der Waals surface area contributed by atoms with Crippen molar-refractivity contribution in [2.45, 2.75) is 6.92 Å². The highest BCUT2D eigenvalue weighted by molar-refractivity contribution is 5.89. The number of carbonyl (C=O) groups is 2. The lowest BCUT2D eigenvalue weighted by Gasteiger charge is -2.36. The van der Waals surface area contributed by atoms with E-state index in [1.807, 2.05) is 30.0 Å². The summed E-state index contributed by atoms with van der Waals surface area (Å²) < 4.78 is 5.31. The number of fused-ring (bicyclic) bond motifs is 1. The predicted octanol–water partition coefficient (Wildman–Crippen LogP) is 0.859. The van der Waals surface area contributed by atoms with Gasteiger partial charge in [-0.1, -0.05) is 6.07 Å². The number of aromatic nitrogens is 2. The Morgan fingerprint density at radius 3 is 2.63 bits per heavy atom. The molecule has 1 saturated heterocycles. The van der Waals surface area contributed by atoms with E-state index in [1.165, 1.54) is 0 Å². The number of esters is 1. The van der Waals surface area contributed by atoms with Gasteiger partial charge in [0.1, 0.15) is 6.54 Å². The highest BCUT2D eigenvalue weighted by Crippen LogP contribution is 2.32. The SMILES string of the molecule is Cc1ccc2c(c1)OC(=O)CN2CC(=O)N1CCN(c2ncccn2)CC1. The molecule has 1 aromatic carbocycles. The van der Waals surface area contributed by atoms with Gasteiger partial charge in [0.25, 0.3) is 0 Å². The monoisotopic (exact) mass is 367 g/mol. The maximum Gasteiger partial charge on any atom is 0.331 e. The van der Waals surface area contributed by atoms with Crippen LogP contribution in [0, 0.1) is 6.92 Å². The van der Waals surface area contributed by atoms with E-state index in [1.54, 1.807) is 23.4 Å². The van der Waals surface area contributed by atoms with Gasteiger partial charge in [0, 0.05) is 38.6 Å². The fraction of sp³-hybridized carbons (Fsp3) is 0.368. The second kappa shape index (κ2) is 7.22. The van der Waals surface area contributed by atoms with Crippen LogP contribution < -0.4 is 14.5 Å². The molecule has 8 heteroatoms. The van der Waals surface area contributed by atoms with Gasteiger partial charge in [0.05, 0.1) is 12.2 Å². The highest BCUT2D eigenvalue weighted by Gasteiger charge is 2.29. The van der Waals surface area contributed by atoms with Crippen molar-refractivity contribution >= 4 is 23.5 Å². The molecular weight excluding hydrogens is 346 g/mol. The molecule has 1 amide bonds. The van der Waals surface area contributed by atoms with Crippen LogP contribution in [0.4, 0.5) is 11.6 Å². The summed E-state index contributed by atoms with van der Waals surface area (Å²) in [6.07, 6.45) is 3.43. The standard InChI is InChI=1S/C19H21N5O3/c1-14-3-4-15-16(11-14)27-18(26)13-24(15)12-17(25)22-7-9-23(10-8-22)19-20-5-2-6-21-19/h2-6,11H,7-10,12-13H2,1H3. The van der Waals surface area contributed by atoms with Crippen molar-refractivity contribution in [2.24, 2.45) is 0 Å². The Morgan fingerprint density at radius 2 is 1.89 bits per heavy atom. The highest BCUT2D eigenvalue weighted by atomic mass is 16.5. The maximum absolute atomic E-state index is 12.8. The van der Waals surface area contributed by atoms with Crippen molar-refractivity contribution in [1.82, 2.24) is 14.9 Å². The number of piperazine rings is 1. The first-order valence-corrected chi connectivity index (χ1v) is 8.96. The Bertz CT molecular complexity index is 850. The molecule has 3 heterocycles. The van der Waals surface area contributed by atoms with Crippen LogP contribution >= 0.6 is 0 Å². The van der Waals surface area contributed by atoms with Gasteiger partial charge in [0.2, 0.25) is 11.9 Å². The first kappa shape index (κ1) is 17.3. The second-order valence-electron chi connectivity index (χ2n) is 6.72. The van der Waals surface area contributed by atoms with Crippen LogP contribution in [-0.2, 0) is 9.59 Å². The quantitative estimate of drug-likeness (QED) is 0.588. The summed E-state index contributed by atoms with van der Waals surface area (Å²) >= 11 is 0. The molecule has 4 rings (SSSR count). The minimum absolute atomic E-state index is 0.00450. The Morgan fingerprint density at radius 1 is 1.15 bits per heavy atom. The van der Waals surface area contributed by atoms with Crippen LogP contribution in [-0.4, -0.2) is 66.0 Å². The number of nitrogens with zero attached hydrogens (tertiary/aromatic N) is 5. The van der Waals surface area contributed by atoms with Crippen LogP contribution in [0.1, 0.15) is 5.56 Å². The van der Waals surface area contributed by atoms with E-state index in [2.05, 4.69) is 14.9 Å². The molecule has 8 nitrogen and oxygen atoms in total. The molecule has 0 radical (unpaired) electrons. The van der Waals surface area contributed by atoms with Crippen molar-refractivity contribution in [3.05, 3.63) is 42.2 Å². The molecule has 0 N–H and O–H groups in total. The van der Waals surface area contributed by atoms with E-state index in [-0.39, 0.29) is 25.0 Å². The number of carbonyl (C=O) groups excluding carboxylic acids is 2. The van der Waals surface area contributed by atoms with E-state index < -0.39 is 0 Å². The largest absolute Gasteiger partial charge is 0.423 e. The van der Waals surface area contributed by atoms with Gasteiger partial charge in [-0.15, -0.1) is 0 Å². The van der Waals surface area contributed by atoms with Crippen molar-refractivity contribution in [1.29, 1.82) is 0 Å². The maximum atomic E-state index is 12.8. The van der Waals surface area contributed by atoms with Crippen molar-refractivity contribution in [3.63, 3.8) is 0 Å². The molecule has 2 aliphatic rings. The lowest BCUT2D eigenvalue weighted by Crippen LogP contribution is -2.52. The van der Waals surface area contributed by atoms with Gasteiger partial charge in [-0.25, -0.2) is 14.8 Å². The number of rotatable bonds is 3. The number of amides is 1. The number of anilines is 2. The fourth-order valence-corrected chi connectivity index (χ4v) is 3.37. The van der Waals surface area contributed by atoms with Gasteiger partial charge >= 0.3 is 5.97 Å². The molecule has 1 aromatic heterocycles. The van der Waals surface area contributed by atoms with E-state index in [9.17, 15) is 9.59 Å². The summed E-state index contributed by atoms with van der Waals surface area (Å²) in [4.78, 5) is 38.9. The molecule has 0 aliphatic carbocycles. The molecule has 27 heavy (non-hydrogen) atoms. The number of ether oxygens (including phenoxy) is 1. The number of hydrogen-bond acceptors (Lipinski definition) is 7. The Hall–Kier alpha value is -3.16. The van der Waals surface area contributed by atoms with Crippen molar-refractivity contribution < 1.29 is 14.3 Å². The van der Waals surface area contributed by atoms with E-state index in [4.69, 9.17) is 4.74 Å². The second-order valence-corrected chi connectivity index (χ2v) is 6.72. The molecular formula is C19H21N5O3. The number of hydrogen-bond donors (Lipinski definition) is 0. The molecule has 140 valence electrons. The fourth-order valence-electron chi connectivity index (χ4n) is 3.37. The minimum Gasteiger partial charge on any atom is -0.423 e. The minimum atomic E-state index is -0.341. The first-order valence-electron chi connectivity index (χ1n) is 8.96. The third-order valence-electron chi connectivity index (χ3n) is 4.79. The zero-order chi connectivity index (χ0) is 18.8. The molecule has 0 unspecified atom stereocenters. The van der Waals surface area contributed by atoms with Crippen LogP contribution in [0.25, 0.3) is 0 Å². The first-order chi connectivity index (χ1) is 13.1. The molecule has 0 spiro atoms. The summed E-state index contributed by atoms with van der Waals surface area (Å²) in [6.45, 7) is 4.77. The average molecular weight is 367 g/mol. The van der Waals surface area contributed by atoms with Crippen LogP contribution in [0.15, 0.2) is 36.7 Å². The van der Waals surface area contributed by atoms with Gasteiger partial charge in [0.15, 0.2) is 5.75 Å². The average Bonchev–Trinajstić information content (AvgIpc) is 2.68. The van der Waals surface area contributed by atoms with Crippen molar-refractivity contribution in [2.75, 3.05) is 49.1 Å². The zero-order valence-electron chi connectivity index (χ0n) is 15.2. The Kier molecular flexibility index (Phi) is 4.62. The van der Waals surface area contributed by atoms with E-state index in [0.29, 0.717) is 37.9 Å². The molecule has 0 bridgehead atoms. The third kappa shape index (κ3) is 3.69. The predicted molar refractivity (Wildman–Crippen MR) is 99.9 cm³/mol. The summed E-state index contributed by atoms with van der Waals surface area (Å²) in [5.41, 5.74) is 1.79. The van der Waals surface area contributed by atoms with E-state index in [0.717, 1.165) is 11.3 Å². The van der Waals surface area contributed by atoms with Crippen LogP contribution in [0.2, 0.25) is 0 Å². The Balaban J connectivity index is 1.40. The summed E-state index contributed by atoms with van der Waals surface area (Å²) in [7, 11) is 0. The van der Waals surface area contributed by atoms with Gasteiger partial charge in [-0.3, -0.25) is 4.79 Å². The third-order valence-corrected chi connectivity index (χ3v) is 4.79. The number of aryl methyl sites for hydroxylation is 1. The normalized spacial score (nSPS) is 16.8. The lowest BCUT2D eigenvalue weighted by molar-refractivity contribution is -0.133. The molecule has 0 saturated carbocycles. The van der Waals surface area contributed by atoms with E-state index >= 15 is 0 Å². The van der Waals surface area contributed by atoms with Gasteiger partial charge in [-0.05, 0) is 30.7 Å². The topological polar surface area (TPSA) is 78.9 Å². The van der Waals surface area contributed by atoms with Crippen molar-refractivity contribution in [3.8, 4) is 5.75 Å². The smallest absolute Gasteiger partial charge is 0.331 e. The summed E-state index contributed by atoms with van der Waals surface area (Å²) in [5.74, 6) is 0.870. The van der Waals surface area contributed by atoms with Gasteiger partial charge < -0.3 is 19.4 Å². The van der Waals surface area contributed by atoms with Crippen LogP contribution in [0.5, 0.6) is 5.75 Å². The Labute approximate surface area is 157 Å². The van der Waals surface area contributed by atoms with Crippen LogP contribution in [0.3, 0.4) is 0 Å². The number of benzene rings is 1. The molecule has 2 aliphatic heterocycles. The summed E-state index contributed by atoms with van der Waals surface area (Å²) in [5, 5.41) is 0. The van der Waals surface area contributed by atoms with Gasteiger partial charge in [-0.2, -0.15) is 0 Å². The molecule has 1 fully saturated rings. The lowest BCUT2D eigenvalue weighted by atomic mass is 10.1. The summed E-state index contributed by atoms with van der Waals surface area (Å²) in [6, 6.07) is 7.46. The molecule has 2 aromatic rings.